The van der Waals surface area contributed by atoms with Crippen molar-refractivity contribution in [3.63, 3.8) is 0 Å². The molecule has 0 bridgehead atoms. The molecule has 0 unspecified atom stereocenters. The van der Waals surface area contributed by atoms with Gasteiger partial charge in [-0.15, -0.1) is 0 Å². The van der Waals surface area contributed by atoms with Gasteiger partial charge in [0.25, 0.3) is 0 Å². The molecule has 1 aliphatic heterocycles. The molecule has 18 heavy (non-hydrogen) atoms. The van der Waals surface area contributed by atoms with Crippen LogP contribution in [0.1, 0.15) is 19.8 Å². The lowest BCUT2D eigenvalue weighted by atomic mass is 9.99. The van der Waals surface area contributed by atoms with Gasteiger partial charge in [-0.3, -0.25) is 0 Å². The van der Waals surface area contributed by atoms with Crippen LogP contribution in [-0.2, 0) is 0 Å². The van der Waals surface area contributed by atoms with E-state index in [9.17, 15) is 0 Å². The standard InChI is InChI=1S/C14H22IN3/c1-11-4-7-18(8-5-11)9-6-17-14-3-2-12(16)10-13(14)15/h2-3,10-11,17H,4-9,16H2,1H3. The number of anilines is 2. The Morgan fingerprint density at radius 3 is 2.78 bits per heavy atom. The van der Waals surface area contributed by atoms with Gasteiger partial charge in [0.15, 0.2) is 0 Å². The van der Waals surface area contributed by atoms with Crippen molar-refractivity contribution in [2.24, 2.45) is 5.92 Å². The molecule has 2 rings (SSSR count). The summed E-state index contributed by atoms with van der Waals surface area (Å²) in [6, 6.07) is 6.02. The zero-order chi connectivity index (χ0) is 13.0. The van der Waals surface area contributed by atoms with Crippen LogP contribution in [-0.4, -0.2) is 31.1 Å². The summed E-state index contributed by atoms with van der Waals surface area (Å²) in [6.07, 6.45) is 2.69. The molecule has 3 N–H and O–H groups in total. The van der Waals surface area contributed by atoms with Crippen LogP contribution in [0.3, 0.4) is 0 Å². The van der Waals surface area contributed by atoms with Gasteiger partial charge in [0.2, 0.25) is 0 Å². The molecule has 1 aromatic rings. The van der Waals surface area contributed by atoms with Crippen LogP contribution in [0.25, 0.3) is 0 Å². The maximum absolute atomic E-state index is 5.75. The molecule has 0 amide bonds. The predicted molar refractivity (Wildman–Crippen MR) is 86.9 cm³/mol. The van der Waals surface area contributed by atoms with Crippen LogP contribution in [0, 0.1) is 9.49 Å². The summed E-state index contributed by atoms with van der Waals surface area (Å²) in [5, 5.41) is 3.49. The average Bonchev–Trinajstić information content (AvgIpc) is 2.34. The van der Waals surface area contributed by atoms with E-state index in [1.807, 2.05) is 12.1 Å². The van der Waals surface area contributed by atoms with Crippen LogP contribution >= 0.6 is 22.6 Å². The highest BCUT2D eigenvalue weighted by Gasteiger charge is 2.14. The maximum atomic E-state index is 5.75. The molecule has 3 nitrogen and oxygen atoms in total. The third kappa shape index (κ3) is 4.02. The van der Waals surface area contributed by atoms with Crippen molar-refractivity contribution in [2.75, 3.05) is 37.2 Å². The Hall–Kier alpha value is -0.490. The van der Waals surface area contributed by atoms with Crippen molar-refractivity contribution in [1.82, 2.24) is 4.90 Å². The number of piperidine rings is 1. The predicted octanol–water partition coefficient (Wildman–Crippen LogP) is 3.02. The highest BCUT2D eigenvalue weighted by Crippen LogP contribution is 2.20. The number of benzene rings is 1. The SMILES string of the molecule is CC1CCN(CCNc2ccc(N)cc2I)CC1. The summed E-state index contributed by atoms with van der Waals surface area (Å²) >= 11 is 2.33. The van der Waals surface area contributed by atoms with Crippen LogP contribution in [0.5, 0.6) is 0 Å². The van der Waals surface area contributed by atoms with Crippen LogP contribution in [0.15, 0.2) is 18.2 Å². The Bertz CT molecular complexity index is 387. The van der Waals surface area contributed by atoms with E-state index in [-0.39, 0.29) is 0 Å². The van der Waals surface area contributed by atoms with Crippen LogP contribution in [0.4, 0.5) is 11.4 Å². The zero-order valence-corrected chi connectivity index (χ0v) is 13.1. The summed E-state index contributed by atoms with van der Waals surface area (Å²) in [5.41, 5.74) is 7.76. The number of likely N-dealkylation sites (tertiary alicyclic amines) is 1. The Kier molecular flexibility index (Phi) is 5.12. The van der Waals surface area contributed by atoms with Crippen molar-refractivity contribution in [1.29, 1.82) is 0 Å². The minimum absolute atomic E-state index is 0.829. The second kappa shape index (κ2) is 6.61. The molecule has 4 heteroatoms. The Balaban J connectivity index is 1.75. The van der Waals surface area contributed by atoms with Gasteiger partial charge < -0.3 is 16.0 Å². The third-order valence-electron chi connectivity index (χ3n) is 3.61. The first-order valence-electron chi connectivity index (χ1n) is 6.66. The summed E-state index contributed by atoms with van der Waals surface area (Å²) in [7, 11) is 0. The fraction of sp³-hybridized carbons (Fsp3) is 0.571. The number of nitrogen functional groups attached to an aromatic ring is 1. The van der Waals surface area contributed by atoms with Gasteiger partial charge in [-0.25, -0.2) is 0 Å². The Labute approximate surface area is 123 Å². The largest absolute Gasteiger partial charge is 0.399 e. The highest BCUT2D eigenvalue weighted by molar-refractivity contribution is 14.1. The number of halogens is 1. The van der Waals surface area contributed by atoms with Gasteiger partial charge >= 0.3 is 0 Å². The number of hydrogen-bond acceptors (Lipinski definition) is 3. The molecule has 1 heterocycles. The molecule has 100 valence electrons. The molecule has 0 atom stereocenters. The summed E-state index contributed by atoms with van der Waals surface area (Å²) in [6.45, 7) is 7.00. The number of nitrogens with two attached hydrogens (primary N) is 1. The monoisotopic (exact) mass is 359 g/mol. The van der Waals surface area contributed by atoms with Crippen molar-refractivity contribution in [2.45, 2.75) is 19.8 Å². The molecule has 0 aliphatic carbocycles. The maximum Gasteiger partial charge on any atom is 0.0477 e. The van der Waals surface area contributed by atoms with Gasteiger partial charge in [0.05, 0.1) is 0 Å². The van der Waals surface area contributed by atoms with E-state index in [2.05, 4.69) is 45.8 Å². The number of nitrogens with zero attached hydrogens (tertiary/aromatic N) is 1. The molecule has 1 aliphatic rings. The molecule has 1 saturated heterocycles. The molecular weight excluding hydrogens is 337 g/mol. The Morgan fingerprint density at radius 2 is 2.11 bits per heavy atom. The summed E-state index contributed by atoms with van der Waals surface area (Å²) in [5.74, 6) is 0.909. The third-order valence-corrected chi connectivity index (χ3v) is 4.51. The van der Waals surface area contributed by atoms with Gasteiger partial charge in [0, 0.05) is 28.0 Å². The van der Waals surface area contributed by atoms with E-state index < -0.39 is 0 Å². The second-order valence-electron chi connectivity index (χ2n) is 5.19. The van der Waals surface area contributed by atoms with Gasteiger partial charge in [0.1, 0.15) is 0 Å². The van der Waals surface area contributed by atoms with E-state index in [4.69, 9.17) is 5.73 Å². The van der Waals surface area contributed by atoms with E-state index in [1.54, 1.807) is 0 Å². The van der Waals surface area contributed by atoms with Crippen molar-refractivity contribution >= 4 is 34.0 Å². The van der Waals surface area contributed by atoms with Crippen molar-refractivity contribution in [3.8, 4) is 0 Å². The first kappa shape index (κ1) is 13.9. The fourth-order valence-electron chi connectivity index (χ4n) is 2.31. The topological polar surface area (TPSA) is 41.3 Å². The minimum Gasteiger partial charge on any atom is -0.399 e. The second-order valence-corrected chi connectivity index (χ2v) is 6.35. The lowest BCUT2D eigenvalue weighted by Crippen LogP contribution is -2.36. The van der Waals surface area contributed by atoms with E-state index in [1.165, 1.54) is 35.2 Å². The van der Waals surface area contributed by atoms with Crippen LogP contribution < -0.4 is 11.1 Å². The number of hydrogen-bond donors (Lipinski definition) is 2. The molecular formula is C14H22IN3. The first-order valence-corrected chi connectivity index (χ1v) is 7.74. The number of rotatable bonds is 4. The molecule has 0 saturated carbocycles. The summed E-state index contributed by atoms with van der Waals surface area (Å²) < 4.78 is 1.19. The lowest BCUT2D eigenvalue weighted by Gasteiger charge is -2.30. The number of nitrogens with one attached hydrogen (secondary N) is 1. The minimum atomic E-state index is 0.829. The quantitative estimate of drug-likeness (QED) is 0.642. The molecule has 0 radical (unpaired) electrons. The van der Waals surface area contributed by atoms with E-state index >= 15 is 0 Å². The molecule has 1 aromatic carbocycles. The van der Waals surface area contributed by atoms with Crippen LogP contribution in [0.2, 0.25) is 0 Å². The van der Waals surface area contributed by atoms with Gasteiger partial charge in [-0.05, 0) is 72.6 Å². The molecule has 1 fully saturated rings. The molecule has 0 aromatic heterocycles. The van der Waals surface area contributed by atoms with Crippen molar-refractivity contribution < 1.29 is 0 Å². The zero-order valence-electron chi connectivity index (χ0n) is 11.0. The fourth-order valence-corrected chi connectivity index (χ4v) is 3.04. The van der Waals surface area contributed by atoms with Crippen molar-refractivity contribution in [3.05, 3.63) is 21.8 Å². The highest BCUT2D eigenvalue weighted by atomic mass is 127. The molecule has 0 spiro atoms. The normalized spacial score (nSPS) is 17.9. The van der Waals surface area contributed by atoms with Gasteiger partial charge in [-0.2, -0.15) is 0 Å². The first-order chi connectivity index (χ1) is 8.65. The van der Waals surface area contributed by atoms with E-state index in [0.29, 0.717) is 0 Å². The smallest absolute Gasteiger partial charge is 0.0477 e. The van der Waals surface area contributed by atoms with E-state index in [0.717, 1.165) is 24.7 Å². The van der Waals surface area contributed by atoms with Gasteiger partial charge in [-0.1, -0.05) is 6.92 Å². The summed E-state index contributed by atoms with van der Waals surface area (Å²) in [4.78, 5) is 2.55. The average molecular weight is 359 g/mol. The lowest BCUT2D eigenvalue weighted by molar-refractivity contribution is 0.199. The Morgan fingerprint density at radius 1 is 1.39 bits per heavy atom.